The van der Waals surface area contributed by atoms with Crippen LogP contribution in [0.1, 0.15) is 25.6 Å². The molecule has 7 nitrogen and oxygen atoms in total. The van der Waals surface area contributed by atoms with E-state index >= 15 is 0 Å². The summed E-state index contributed by atoms with van der Waals surface area (Å²) in [6, 6.07) is 14.3. The van der Waals surface area contributed by atoms with Crippen molar-refractivity contribution in [1.82, 2.24) is 19.2 Å². The normalized spacial score (nSPS) is 11.2. The van der Waals surface area contributed by atoms with E-state index in [4.69, 9.17) is 11.6 Å². The molecule has 1 N–H and O–H groups in total. The predicted molar refractivity (Wildman–Crippen MR) is 113 cm³/mol. The lowest BCUT2D eigenvalue weighted by molar-refractivity contribution is -0.116. The quantitative estimate of drug-likeness (QED) is 0.526. The van der Waals surface area contributed by atoms with Gasteiger partial charge in [-0.2, -0.15) is 4.52 Å². The van der Waals surface area contributed by atoms with Crippen molar-refractivity contribution in [3.63, 3.8) is 0 Å². The highest BCUT2D eigenvalue weighted by Crippen LogP contribution is 2.18. The van der Waals surface area contributed by atoms with Gasteiger partial charge < -0.3 is 5.32 Å². The van der Waals surface area contributed by atoms with Crippen molar-refractivity contribution in [2.24, 2.45) is 0 Å². The fourth-order valence-electron chi connectivity index (χ4n) is 3.28. The molecule has 0 fully saturated rings. The number of benzene rings is 2. The molecule has 0 aliphatic rings. The fraction of sp³-hybridized carbons (Fsp3) is 0.238. The van der Waals surface area contributed by atoms with Gasteiger partial charge in [0.2, 0.25) is 5.91 Å². The number of hydrogen-bond acceptors (Lipinski definition) is 4. The minimum atomic E-state index is -0.393. The zero-order valence-corrected chi connectivity index (χ0v) is 16.7. The van der Waals surface area contributed by atoms with Crippen molar-refractivity contribution >= 4 is 39.7 Å². The monoisotopic (exact) mass is 409 g/mol. The van der Waals surface area contributed by atoms with Crippen LogP contribution in [0.3, 0.4) is 0 Å². The highest BCUT2D eigenvalue weighted by Gasteiger charge is 2.16. The molecule has 0 unspecified atom stereocenters. The summed E-state index contributed by atoms with van der Waals surface area (Å²) in [5.74, 6) is 0.306. The number of halogens is 1. The number of carbonyl (C=O) groups excluding carboxylic acids is 1. The van der Waals surface area contributed by atoms with Crippen LogP contribution in [-0.2, 0) is 17.8 Å². The van der Waals surface area contributed by atoms with E-state index in [1.165, 1.54) is 9.08 Å². The zero-order chi connectivity index (χ0) is 20.4. The van der Waals surface area contributed by atoms with E-state index in [-0.39, 0.29) is 12.5 Å². The first-order valence-electron chi connectivity index (χ1n) is 9.49. The van der Waals surface area contributed by atoms with Gasteiger partial charge in [-0.3, -0.25) is 9.36 Å². The van der Waals surface area contributed by atoms with Crippen LogP contribution in [0.15, 0.2) is 53.3 Å². The van der Waals surface area contributed by atoms with Gasteiger partial charge in [-0.05, 0) is 36.8 Å². The van der Waals surface area contributed by atoms with Gasteiger partial charge in [0.1, 0.15) is 6.54 Å². The highest BCUT2D eigenvalue weighted by atomic mass is 35.5. The SMILES string of the molecule is CCCCc1nc2c3ccccc3n(CC(=O)Nc3cccc(Cl)c3)c(=O)n2n1. The Morgan fingerprint density at radius 3 is 2.79 bits per heavy atom. The standard InChI is InChI=1S/C21H20ClN5O2/c1-2-3-11-18-24-20-16-9-4-5-10-17(16)26(21(29)27(20)25-18)13-19(28)23-15-8-6-7-14(22)12-15/h4-10,12H,2-3,11,13H2,1H3,(H,23,28). The highest BCUT2D eigenvalue weighted by molar-refractivity contribution is 6.30. The van der Waals surface area contributed by atoms with E-state index < -0.39 is 5.69 Å². The lowest BCUT2D eigenvalue weighted by Gasteiger charge is -2.11. The molecule has 0 spiro atoms. The third-order valence-electron chi connectivity index (χ3n) is 4.66. The molecular formula is C21H20ClN5O2. The van der Waals surface area contributed by atoms with E-state index in [2.05, 4.69) is 22.3 Å². The number of aromatic nitrogens is 4. The molecule has 2 aromatic carbocycles. The van der Waals surface area contributed by atoms with E-state index in [9.17, 15) is 9.59 Å². The van der Waals surface area contributed by atoms with E-state index in [1.807, 2.05) is 24.3 Å². The Bertz CT molecular complexity index is 1260. The van der Waals surface area contributed by atoms with Gasteiger partial charge in [0.15, 0.2) is 11.5 Å². The Kier molecular flexibility index (Phi) is 5.31. The molecule has 0 aliphatic carbocycles. The first-order valence-corrected chi connectivity index (χ1v) is 9.87. The van der Waals surface area contributed by atoms with Gasteiger partial charge in [0.05, 0.1) is 5.52 Å². The third kappa shape index (κ3) is 3.86. The molecule has 0 saturated heterocycles. The molecule has 8 heteroatoms. The topological polar surface area (TPSA) is 81.3 Å². The van der Waals surface area contributed by atoms with Gasteiger partial charge in [-0.1, -0.05) is 43.1 Å². The number of rotatable bonds is 6. The number of unbranched alkanes of at least 4 members (excludes halogenated alkanes) is 1. The average molecular weight is 410 g/mol. The lowest BCUT2D eigenvalue weighted by Crippen LogP contribution is -2.32. The molecule has 4 aromatic rings. The van der Waals surface area contributed by atoms with E-state index in [1.54, 1.807) is 24.3 Å². The van der Waals surface area contributed by atoms with Crippen molar-refractivity contribution in [1.29, 1.82) is 0 Å². The number of aryl methyl sites for hydroxylation is 1. The number of carbonyl (C=O) groups is 1. The Labute approximate surface area is 171 Å². The molecular weight excluding hydrogens is 390 g/mol. The first-order chi connectivity index (χ1) is 14.1. The van der Waals surface area contributed by atoms with E-state index in [0.29, 0.717) is 34.1 Å². The minimum Gasteiger partial charge on any atom is -0.324 e. The Balaban J connectivity index is 1.75. The molecule has 0 atom stereocenters. The molecule has 29 heavy (non-hydrogen) atoms. The van der Waals surface area contributed by atoms with Gasteiger partial charge >= 0.3 is 5.69 Å². The largest absolute Gasteiger partial charge is 0.351 e. The molecule has 0 aliphatic heterocycles. The summed E-state index contributed by atoms with van der Waals surface area (Å²) in [5, 5.41) is 8.46. The first kappa shape index (κ1) is 19.1. The minimum absolute atomic E-state index is 0.147. The maximum atomic E-state index is 13.1. The van der Waals surface area contributed by atoms with Crippen LogP contribution < -0.4 is 11.0 Å². The maximum absolute atomic E-state index is 13.1. The molecule has 0 radical (unpaired) electrons. The number of fused-ring (bicyclic) bond motifs is 3. The second kappa shape index (κ2) is 8.05. The van der Waals surface area contributed by atoms with Crippen molar-refractivity contribution in [3.8, 4) is 0 Å². The number of hydrogen-bond donors (Lipinski definition) is 1. The van der Waals surface area contributed by atoms with Crippen molar-refractivity contribution in [2.75, 3.05) is 5.32 Å². The lowest BCUT2D eigenvalue weighted by atomic mass is 10.2. The summed E-state index contributed by atoms with van der Waals surface area (Å²) in [6.45, 7) is 1.95. The van der Waals surface area contributed by atoms with Crippen LogP contribution in [0.5, 0.6) is 0 Å². The van der Waals surface area contributed by atoms with Crippen LogP contribution in [0.2, 0.25) is 5.02 Å². The Morgan fingerprint density at radius 2 is 2.00 bits per heavy atom. The van der Waals surface area contributed by atoms with Crippen LogP contribution in [-0.4, -0.2) is 25.1 Å². The van der Waals surface area contributed by atoms with Crippen LogP contribution in [0.4, 0.5) is 5.69 Å². The van der Waals surface area contributed by atoms with Crippen molar-refractivity contribution < 1.29 is 4.79 Å². The number of para-hydroxylation sites is 1. The number of amides is 1. The van der Waals surface area contributed by atoms with Gasteiger partial charge in [0, 0.05) is 22.5 Å². The predicted octanol–water partition coefficient (Wildman–Crippen LogP) is 3.68. The third-order valence-corrected chi connectivity index (χ3v) is 4.90. The van der Waals surface area contributed by atoms with E-state index in [0.717, 1.165) is 18.2 Å². The maximum Gasteiger partial charge on any atom is 0.351 e. The van der Waals surface area contributed by atoms with Crippen LogP contribution in [0, 0.1) is 0 Å². The number of nitrogens with zero attached hydrogens (tertiary/aromatic N) is 4. The molecule has 2 aromatic heterocycles. The summed E-state index contributed by atoms with van der Waals surface area (Å²) in [7, 11) is 0. The Hall–Kier alpha value is -3.19. The summed E-state index contributed by atoms with van der Waals surface area (Å²) in [6.07, 6.45) is 2.68. The Morgan fingerprint density at radius 1 is 1.17 bits per heavy atom. The van der Waals surface area contributed by atoms with Gasteiger partial charge in [-0.25, -0.2) is 9.78 Å². The van der Waals surface area contributed by atoms with Crippen LogP contribution in [0.25, 0.3) is 16.6 Å². The smallest absolute Gasteiger partial charge is 0.324 e. The molecule has 1 amide bonds. The van der Waals surface area contributed by atoms with Crippen molar-refractivity contribution in [3.05, 3.63) is 69.9 Å². The summed E-state index contributed by atoms with van der Waals surface area (Å²) >= 11 is 5.97. The molecule has 148 valence electrons. The molecule has 4 rings (SSSR count). The fourth-order valence-corrected chi connectivity index (χ4v) is 3.47. The summed E-state index contributed by atoms with van der Waals surface area (Å²) in [4.78, 5) is 30.3. The van der Waals surface area contributed by atoms with Gasteiger partial charge in [-0.15, -0.1) is 5.10 Å². The number of anilines is 1. The second-order valence-corrected chi connectivity index (χ2v) is 7.25. The average Bonchev–Trinajstić information content (AvgIpc) is 3.14. The summed E-state index contributed by atoms with van der Waals surface area (Å²) in [5.41, 5.74) is 1.34. The van der Waals surface area contributed by atoms with Crippen molar-refractivity contribution in [2.45, 2.75) is 32.7 Å². The number of nitrogens with one attached hydrogen (secondary N) is 1. The summed E-state index contributed by atoms with van der Waals surface area (Å²) < 4.78 is 2.71. The van der Waals surface area contributed by atoms with Crippen LogP contribution >= 0.6 is 11.6 Å². The zero-order valence-electron chi connectivity index (χ0n) is 15.9. The molecule has 2 heterocycles. The molecule has 0 saturated carbocycles. The van der Waals surface area contributed by atoms with Gasteiger partial charge in [0.25, 0.3) is 0 Å². The second-order valence-electron chi connectivity index (χ2n) is 6.81. The molecule has 0 bridgehead atoms.